The van der Waals surface area contributed by atoms with Crippen LogP contribution in [0.4, 0.5) is 13.2 Å². The number of ether oxygens (including phenoxy) is 1. The average Bonchev–Trinajstić information content (AvgIpc) is 3.20. The lowest BCUT2D eigenvalue weighted by molar-refractivity contribution is -0.143. The van der Waals surface area contributed by atoms with Crippen molar-refractivity contribution in [1.29, 1.82) is 0 Å². The van der Waals surface area contributed by atoms with Crippen molar-refractivity contribution in [3.63, 3.8) is 0 Å². The molecule has 0 spiro atoms. The summed E-state index contributed by atoms with van der Waals surface area (Å²) in [7, 11) is 0. The second-order valence-corrected chi connectivity index (χ2v) is 7.04. The number of nitrogens with one attached hydrogen (secondary N) is 2. The molecule has 1 aromatic carbocycles. The molecular weight excluding hydrogens is 375 g/mol. The molecule has 1 aliphatic heterocycles. The van der Waals surface area contributed by atoms with Gasteiger partial charge < -0.3 is 15.2 Å². The van der Waals surface area contributed by atoms with Gasteiger partial charge in [0.05, 0.1) is 12.1 Å². The van der Waals surface area contributed by atoms with Crippen molar-refractivity contribution >= 4 is 5.97 Å². The van der Waals surface area contributed by atoms with Crippen LogP contribution in [-0.2, 0) is 17.5 Å². The Labute approximate surface area is 160 Å². The van der Waals surface area contributed by atoms with Gasteiger partial charge in [-0.1, -0.05) is 19.1 Å². The zero-order chi connectivity index (χ0) is 20.5. The summed E-state index contributed by atoms with van der Waals surface area (Å²) >= 11 is 0. The maximum Gasteiger partial charge on any atom is 0.433 e. The zero-order valence-electron chi connectivity index (χ0n) is 15.5. The number of fused-ring (bicyclic) bond motifs is 1. The SMILES string of the molecule is CC1Oc2ccc(CNCCC(C(=O)O)c3cn[nH]c3C(F)(F)F)cc2C1C. The van der Waals surface area contributed by atoms with Crippen LogP contribution < -0.4 is 10.1 Å². The monoisotopic (exact) mass is 397 g/mol. The summed E-state index contributed by atoms with van der Waals surface area (Å²) in [5.41, 5.74) is 0.679. The van der Waals surface area contributed by atoms with E-state index >= 15 is 0 Å². The first-order valence-electron chi connectivity index (χ1n) is 9.02. The summed E-state index contributed by atoms with van der Waals surface area (Å²) < 4.78 is 44.7. The number of aromatic nitrogens is 2. The number of H-pyrrole nitrogens is 1. The Bertz CT molecular complexity index is 850. The number of alkyl halides is 3. The van der Waals surface area contributed by atoms with Crippen LogP contribution in [-0.4, -0.2) is 33.9 Å². The van der Waals surface area contributed by atoms with Gasteiger partial charge in [0.25, 0.3) is 0 Å². The molecule has 6 nitrogen and oxygen atoms in total. The van der Waals surface area contributed by atoms with Crippen LogP contribution in [0.3, 0.4) is 0 Å². The summed E-state index contributed by atoms with van der Waals surface area (Å²) in [5.74, 6) is -1.45. The van der Waals surface area contributed by atoms with Crippen LogP contribution in [0.5, 0.6) is 5.75 Å². The molecule has 9 heteroatoms. The van der Waals surface area contributed by atoms with E-state index in [1.807, 2.05) is 30.2 Å². The van der Waals surface area contributed by atoms with Gasteiger partial charge in [-0.2, -0.15) is 18.3 Å². The van der Waals surface area contributed by atoms with Crippen LogP contribution in [0.25, 0.3) is 0 Å². The highest BCUT2D eigenvalue weighted by Gasteiger charge is 2.39. The molecule has 0 aliphatic carbocycles. The lowest BCUT2D eigenvalue weighted by Gasteiger charge is -2.15. The van der Waals surface area contributed by atoms with E-state index in [0.717, 1.165) is 23.1 Å². The molecule has 0 amide bonds. The Morgan fingerprint density at radius 3 is 2.82 bits per heavy atom. The Morgan fingerprint density at radius 2 is 2.14 bits per heavy atom. The molecule has 2 heterocycles. The van der Waals surface area contributed by atoms with Crippen molar-refractivity contribution in [2.24, 2.45) is 0 Å². The highest BCUT2D eigenvalue weighted by molar-refractivity contribution is 5.76. The Morgan fingerprint density at radius 1 is 1.39 bits per heavy atom. The van der Waals surface area contributed by atoms with Crippen LogP contribution >= 0.6 is 0 Å². The van der Waals surface area contributed by atoms with Crippen molar-refractivity contribution in [3.05, 3.63) is 46.8 Å². The van der Waals surface area contributed by atoms with Crippen LogP contribution in [0.1, 0.15) is 54.5 Å². The summed E-state index contributed by atoms with van der Waals surface area (Å²) in [6.07, 6.45) is -3.61. The van der Waals surface area contributed by atoms with Gasteiger partial charge in [0.15, 0.2) is 0 Å². The Balaban J connectivity index is 1.60. The van der Waals surface area contributed by atoms with Gasteiger partial charge in [0.1, 0.15) is 17.5 Å². The summed E-state index contributed by atoms with van der Waals surface area (Å²) in [5, 5.41) is 17.7. The second-order valence-electron chi connectivity index (χ2n) is 7.04. The van der Waals surface area contributed by atoms with Crippen LogP contribution in [0.2, 0.25) is 0 Å². The number of hydrogen-bond donors (Lipinski definition) is 3. The average molecular weight is 397 g/mol. The van der Waals surface area contributed by atoms with Gasteiger partial charge in [-0.3, -0.25) is 9.89 Å². The largest absolute Gasteiger partial charge is 0.490 e. The number of hydrogen-bond acceptors (Lipinski definition) is 4. The van der Waals surface area contributed by atoms with E-state index in [-0.39, 0.29) is 30.6 Å². The Kier molecular flexibility index (Phi) is 5.64. The molecule has 3 rings (SSSR count). The number of halogens is 3. The van der Waals surface area contributed by atoms with Crippen molar-refractivity contribution in [2.75, 3.05) is 6.54 Å². The molecular formula is C19H22F3N3O3. The molecule has 0 radical (unpaired) electrons. The van der Waals surface area contributed by atoms with E-state index < -0.39 is 23.8 Å². The van der Waals surface area contributed by atoms with Crippen LogP contribution in [0, 0.1) is 0 Å². The van der Waals surface area contributed by atoms with Gasteiger partial charge in [-0.15, -0.1) is 0 Å². The highest BCUT2D eigenvalue weighted by Crippen LogP contribution is 2.38. The van der Waals surface area contributed by atoms with Crippen molar-refractivity contribution < 1.29 is 27.8 Å². The first kappa shape index (κ1) is 20.2. The molecule has 0 fully saturated rings. The number of rotatable bonds is 7. The van der Waals surface area contributed by atoms with Gasteiger partial charge in [0, 0.05) is 23.6 Å². The number of nitrogens with zero attached hydrogens (tertiary/aromatic N) is 1. The third-order valence-electron chi connectivity index (χ3n) is 5.15. The summed E-state index contributed by atoms with van der Waals surface area (Å²) in [4.78, 5) is 11.5. The summed E-state index contributed by atoms with van der Waals surface area (Å²) in [6, 6.07) is 5.87. The molecule has 2 aromatic rings. The lowest BCUT2D eigenvalue weighted by Crippen LogP contribution is -2.23. The highest BCUT2D eigenvalue weighted by atomic mass is 19.4. The van der Waals surface area contributed by atoms with Gasteiger partial charge in [0.2, 0.25) is 0 Å². The molecule has 3 N–H and O–H groups in total. The van der Waals surface area contributed by atoms with E-state index in [1.165, 1.54) is 0 Å². The number of carbonyl (C=O) groups is 1. The number of aromatic amines is 1. The molecule has 1 aliphatic rings. The molecule has 0 saturated heterocycles. The lowest BCUT2D eigenvalue weighted by atomic mass is 9.95. The minimum absolute atomic E-state index is 0.0133. The van der Waals surface area contributed by atoms with Gasteiger partial charge >= 0.3 is 12.1 Å². The fourth-order valence-electron chi connectivity index (χ4n) is 3.40. The van der Waals surface area contributed by atoms with E-state index in [9.17, 15) is 23.1 Å². The quantitative estimate of drug-likeness (QED) is 0.621. The maximum atomic E-state index is 13.0. The van der Waals surface area contributed by atoms with Gasteiger partial charge in [-0.05, 0) is 31.5 Å². The van der Waals surface area contributed by atoms with E-state index in [0.29, 0.717) is 6.54 Å². The number of benzene rings is 1. The molecule has 28 heavy (non-hydrogen) atoms. The molecule has 152 valence electrons. The van der Waals surface area contributed by atoms with E-state index in [4.69, 9.17) is 4.74 Å². The van der Waals surface area contributed by atoms with E-state index in [2.05, 4.69) is 17.3 Å². The Hall–Kier alpha value is -2.55. The smallest absolute Gasteiger partial charge is 0.433 e. The number of carboxylic acids is 1. The predicted molar refractivity (Wildman–Crippen MR) is 95.2 cm³/mol. The predicted octanol–water partition coefficient (Wildman–Crippen LogP) is 3.66. The fraction of sp³-hybridized carbons (Fsp3) is 0.474. The van der Waals surface area contributed by atoms with Crippen LogP contribution in [0.15, 0.2) is 24.4 Å². The van der Waals surface area contributed by atoms with E-state index in [1.54, 1.807) is 0 Å². The first-order chi connectivity index (χ1) is 13.2. The number of carboxylic acid groups (broad SMARTS) is 1. The first-order valence-corrected chi connectivity index (χ1v) is 9.02. The summed E-state index contributed by atoms with van der Waals surface area (Å²) in [6.45, 7) is 4.84. The van der Waals surface area contributed by atoms with Crippen molar-refractivity contribution in [1.82, 2.24) is 15.5 Å². The normalized spacial score (nSPS) is 19.9. The molecule has 1 aromatic heterocycles. The molecule has 3 atom stereocenters. The number of aliphatic carboxylic acids is 1. The fourth-order valence-corrected chi connectivity index (χ4v) is 3.40. The minimum atomic E-state index is -4.67. The van der Waals surface area contributed by atoms with Crippen molar-refractivity contribution in [2.45, 2.75) is 50.9 Å². The molecule has 0 saturated carbocycles. The molecule has 3 unspecified atom stereocenters. The third-order valence-corrected chi connectivity index (χ3v) is 5.15. The zero-order valence-corrected chi connectivity index (χ0v) is 15.5. The maximum absolute atomic E-state index is 13.0. The third kappa shape index (κ3) is 4.14. The van der Waals surface area contributed by atoms with Gasteiger partial charge in [-0.25, -0.2) is 0 Å². The second kappa shape index (κ2) is 7.83. The van der Waals surface area contributed by atoms with Crippen molar-refractivity contribution in [3.8, 4) is 5.75 Å². The standard InChI is InChI=1S/C19H22F3N3O3/c1-10-11(2)28-16-4-3-12(7-14(10)16)8-23-6-5-13(18(26)27)15-9-24-25-17(15)19(20,21)22/h3-4,7,9-11,13,23H,5-6,8H2,1-2H3,(H,24,25)(H,26,27). The minimum Gasteiger partial charge on any atom is -0.490 e. The topological polar surface area (TPSA) is 87.2 Å². The molecule has 0 bridgehead atoms.